The summed E-state index contributed by atoms with van der Waals surface area (Å²) in [5, 5.41) is 8.40. The first-order valence-corrected chi connectivity index (χ1v) is 8.82. The van der Waals surface area contributed by atoms with E-state index in [4.69, 9.17) is 4.98 Å². The number of carbonyl (C=O) groups is 1. The predicted molar refractivity (Wildman–Crippen MR) is 99.0 cm³/mol. The maximum Gasteiger partial charge on any atom is 0.256 e. The molecule has 1 aromatic carbocycles. The van der Waals surface area contributed by atoms with E-state index in [1.807, 2.05) is 44.3 Å². The zero-order valence-electron chi connectivity index (χ0n) is 14.8. The van der Waals surface area contributed by atoms with Gasteiger partial charge in [-0.05, 0) is 43.9 Å². The minimum absolute atomic E-state index is 0.0914. The van der Waals surface area contributed by atoms with Gasteiger partial charge in [-0.15, -0.1) is 0 Å². The van der Waals surface area contributed by atoms with E-state index in [9.17, 15) is 4.79 Å². The Morgan fingerprint density at radius 1 is 1.32 bits per heavy atom. The van der Waals surface area contributed by atoms with Crippen LogP contribution in [0.25, 0.3) is 11.0 Å². The Bertz CT molecular complexity index is 969. The molecule has 1 aliphatic rings. The van der Waals surface area contributed by atoms with Crippen LogP contribution in [0.2, 0.25) is 0 Å². The quantitative estimate of drug-likeness (QED) is 0.785. The van der Waals surface area contributed by atoms with E-state index in [0.717, 1.165) is 52.9 Å². The molecule has 0 radical (unpaired) electrons. The lowest BCUT2D eigenvalue weighted by Gasteiger charge is -2.11. The molecule has 5 heteroatoms. The van der Waals surface area contributed by atoms with E-state index in [1.54, 1.807) is 4.68 Å². The smallest absolute Gasteiger partial charge is 0.256 e. The Morgan fingerprint density at radius 3 is 2.80 bits per heavy atom. The van der Waals surface area contributed by atoms with Gasteiger partial charge in [0.25, 0.3) is 5.91 Å². The number of nitrogens with zero attached hydrogens (tertiary/aromatic N) is 3. The van der Waals surface area contributed by atoms with Crippen molar-refractivity contribution < 1.29 is 4.79 Å². The number of aryl methyl sites for hydroxylation is 3. The molecule has 0 aliphatic heterocycles. The van der Waals surface area contributed by atoms with Gasteiger partial charge in [-0.1, -0.05) is 25.1 Å². The van der Waals surface area contributed by atoms with Gasteiger partial charge >= 0.3 is 0 Å². The molecule has 0 bridgehead atoms. The number of para-hydroxylation sites is 1. The molecule has 0 atom stereocenters. The van der Waals surface area contributed by atoms with E-state index >= 15 is 0 Å². The van der Waals surface area contributed by atoms with Crippen LogP contribution >= 0.6 is 0 Å². The van der Waals surface area contributed by atoms with Gasteiger partial charge < -0.3 is 5.32 Å². The number of amides is 1. The van der Waals surface area contributed by atoms with Crippen LogP contribution in [0.3, 0.4) is 0 Å². The molecule has 3 aromatic rings. The second kappa shape index (κ2) is 5.99. The standard InChI is InChI=1S/C20H22N4O/c1-4-13-7-5-6-8-16(13)22-20(25)15-11-17(14-9-10-14)21-19-18(15)12(2)23-24(19)3/h5-8,11,14H,4,9-10H2,1-3H3,(H,22,25). The summed E-state index contributed by atoms with van der Waals surface area (Å²) in [6, 6.07) is 9.89. The summed E-state index contributed by atoms with van der Waals surface area (Å²) in [6.07, 6.45) is 3.17. The number of benzene rings is 1. The van der Waals surface area contributed by atoms with Crippen molar-refractivity contribution in [3.8, 4) is 0 Å². The van der Waals surface area contributed by atoms with Gasteiger partial charge in [0.1, 0.15) is 0 Å². The number of anilines is 1. The highest BCUT2D eigenvalue weighted by Crippen LogP contribution is 2.40. The van der Waals surface area contributed by atoms with Gasteiger partial charge in [0, 0.05) is 24.3 Å². The average Bonchev–Trinajstić information content (AvgIpc) is 3.42. The Labute approximate surface area is 147 Å². The monoisotopic (exact) mass is 334 g/mol. The van der Waals surface area contributed by atoms with Crippen molar-refractivity contribution in [2.45, 2.75) is 39.0 Å². The van der Waals surface area contributed by atoms with Crippen LogP contribution in [0.15, 0.2) is 30.3 Å². The van der Waals surface area contributed by atoms with Crippen LogP contribution in [0.1, 0.15) is 53.0 Å². The molecule has 0 saturated heterocycles. The molecule has 2 heterocycles. The predicted octanol–water partition coefficient (Wildman–Crippen LogP) is 3.97. The SMILES string of the molecule is CCc1ccccc1NC(=O)c1cc(C2CC2)nc2c1c(C)nn2C. The summed E-state index contributed by atoms with van der Waals surface area (Å²) in [5.74, 6) is 0.389. The normalized spacial score (nSPS) is 14.0. The molecule has 1 fully saturated rings. The number of pyridine rings is 1. The van der Waals surface area contributed by atoms with Crippen molar-refractivity contribution >= 4 is 22.6 Å². The summed E-state index contributed by atoms with van der Waals surface area (Å²) in [5.41, 5.74) is 5.30. The Hall–Kier alpha value is -2.69. The zero-order valence-corrected chi connectivity index (χ0v) is 14.8. The number of hydrogen-bond acceptors (Lipinski definition) is 3. The fourth-order valence-corrected chi connectivity index (χ4v) is 3.37. The van der Waals surface area contributed by atoms with Crippen molar-refractivity contribution in [2.24, 2.45) is 7.05 Å². The summed E-state index contributed by atoms with van der Waals surface area (Å²) >= 11 is 0. The highest BCUT2D eigenvalue weighted by molar-refractivity contribution is 6.13. The molecule has 4 rings (SSSR count). The summed E-state index contributed by atoms with van der Waals surface area (Å²) in [6.45, 7) is 4.02. The van der Waals surface area contributed by atoms with Crippen molar-refractivity contribution in [2.75, 3.05) is 5.32 Å². The van der Waals surface area contributed by atoms with Gasteiger partial charge in [0.05, 0.1) is 16.6 Å². The molecule has 1 amide bonds. The van der Waals surface area contributed by atoms with Gasteiger partial charge in [0.2, 0.25) is 0 Å². The van der Waals surface area contributed by atoms with Crippen molar-refractivity contribution in [1.82, 2.24) is 14.8 Å². The van der Waals surface area contributed by atoms with E-state index in [-0.39, 0.29) is 5.91 Å². The van der Waals surface area contributed by atoms with Crippen molar-refractivity contribution in [3.05, 3.63) is 52.8 Å². The first kappa shape index (κ1) is 15.8. The molecule has 2 aromatic heterocycles. The van der Waals surface area contributed by atoms with E-state index in [2.05, 4.69) is 17.3 Å². The second-order valence-electron chi connectivity index (χ2n) is 6.74. The second-order valence-corrected chi connectivity index (χ2v) is 6.74. The van der Waals surface area contributed by atoms with Crippen molar-refractivity contribution in [1.29, 1.82) is 0 Å². The zero-order chi connectivity index (χ0) is 17.6. The molecule has 128 valence electrons. The average molecular weight is 334 g/mol. The topological polar surface area (TPSA) is 59.8 Å². The Balaban J connectivity index is 1.80. The Kier molecular flexibility index (Phi) is 3.79. The molecule has 1 aliphatic carbocycles. The highest BCUT2D eigenvalue weighted by Gasteiger charge is 2.28. The third-order valence-electron chi connectivity index (χ3n) is 4.88. The molecule has 0 unspecified atom stereocenters. The number of rotatable bonds is 4. The van der Waals surface area contributed by atoms with Gasteiger partial charge in [-0.2, -0.15) is 5.10 Å². The van der Waals surface area contributed by atoms with Crippen LogP contribution in [0.4, 0.5) is 5.69 Å². The van der Waals surface area contributed by atoms with Crippen LogP contribution < -0.4 is 5.32 Å². The molecular formula is C20H22N4O. The lowest BCUT2D eigenvalue weighted by atomic mass is 10.1. The van der Waals surface area contributed by atoms with Crippen LogP contribution in [0.5, 0.6) is 0 Å². The van der Waals surface area contributed by atoms with E-state index < -0.39 is 0 Å². The largest absolute Gasteiger partial charge is 0.322 e. The molecule has 25 heavy (non-hydrogen) atoms. The maximum atomic E-state index is 13.1. The number of fused-ring (bicyclic) bond motifs is 1. The Morgan fingerprint density at radius 2 is 2.08 bits per heavy atom. The van der Waals surface area contributed by atoms with Crippen LogP contribution in [-0.4, -0.2) is 20.7 Å². The number of nitrogens with one attached hydrogen (secondary N) is 1. The van der Waals surface area contributed by atoms with Gasteiger partial charge in [-0.25, -0.2) is 4.98 Å². The third-order valence-corrected chi connectivity index (χ3v) is 4.88. The molecule has 0 spiro atoms. The molecule has 1 N–H and O–H groups in total. The fraction of sp³-hybridized carbons (Fsp3) is 0.350. The number of hydrogen-bond donors (Lipinski definition) is 1. The lowest BCUT2D eigenvalue weighted by molar-refractivity contribution is 0.102. The van der Waals surface area contributed by atoms with E-state index in [1.165, 1.54) is 0 Å². The van der Waals surface area contributed by atoms with Gasteiger partial charge in [0.15, 0.2) is 5.65 Å². The first-order chi connectivity index (χ1) is 12.1. The van der Waals surface area contributed by atoms with Gasteiger partial charge in [-0.3, -0.25) is 9.48 Å². The van der Waals surface area contributed by atoms with E-state index in [0.29, 0.717) is 11.5 Å². The molecule has 5 nitrogen and oxygen atoms in total. The lowest BCUT2D eigenvalue weighted by Crippen LogP contribution is -2.15. The summed E-state index contributed by atoms with van der Waals surface area (Å²) in [4.78, 5) is 17.8. The minimum Gasteiger partial charge on any atom is -0.322 e. The fourth-order valence-electron chi connectivity index (χ4n) is 3.37. The number of carbonyl (C=O) groups excluding carboxylic acids is 1. The van der Waals surface area contributed by atoms with Crippen LogP contribution in [0, 0.1) is 6.92 Å². The maximum absolute atomic E-state index is 13.1. The number of aromatic nitrogens is 3. The third kappa shape index (κ3) is 2.80. The summed E-state index contributed by atoms with van der Waals surface area (Å²) in [7, 11) is 1.88. The first-order valence-electron chi connectivity index (χ1n) is 8.82. The summed E-state index contributed by atoms with van der Waals surface area (Å²) < 4.78 is 1.77. The molecule has 1 saturated carbocycles. The molecular weight excluding hydrogens is 312 g/mol. The minimum atomic E-state index is -0.0914. The van der Waals surface area contributed by atoms with Crippen LogP contribution in [-0.2, 0) is 13.5 Å². The van der Waals surface area contributed by atoms with Crippen molar-refractivity contribution in [3.63, 3.8) is 0 Å². The highest BCUT2D eigenvalue weighted by atomic mass is 16.1.